The molecule has 1 unspecified atom stereocenters. The fourth-order valence-electron chi connectivity index (χ4n) is 3.31. The van der Waals surface area contributed by atoms with Crippen molar-refractivity contribution < 1.29 is 4.79 Å². The number of carbonyl (C=O) groups is 1. The van der Waals surface area contributed by atoms with Crippen molar-refractivity contribution in [2.75, 3.05) is 0 Å². The van der Waals surface area contributed by atoms with E-state index in [-0.39, 0.29) is 11.2 Å². The molecule has 0 saturated heterocycles. The number of rotatable bonds is 4. The van der Waals surface area contributed by atoms with Crippen molar-refractivity contribution in [1.82, 2.24) is 5.32 Å². The molecule has 1 amide bonds. The van der Waals surface area contributed by atoms with Crippen LogP contribution in [0.1, 0.15) is 71.1 Å². The molecule has 4 heteroatoms. The van der Waals surface area contributed by atoms with E-state index in [0.29, 0.717) is 5.25 Å². The van der Waals surface area contributed by atoms with Gasteiger partial charge in [-0.3, -0.25) is 4.79 Å². The molecule has 2 aliphatic carbocycles. The SMILES string of the molecule is CC(SC1CCCCC1)C(=O)NC1(C#N)CCCCC1. The lowest BCUT2D eigenvalue weighted by molar-refractivity contribution is -0.122. The second kappa shape index (κ2) is 7.36. The minimum absolute atomic E-state index is 0.0368. The molecular weight excluding hydrogens is 268 g/mol. The Kier molecular flexibility index (Phi) is 5.77. The smallest absolute Gasteiger partial charge is 0.234 e. The zero-order valence-corrected chi connectivity index (χ0v) is 13.3. The van der Waals surface area contributed by atoms with Crippen LogP contribution in [0.25, 0.3) is 0 Å². The highest BCUT2D eigenvalue weighted by atomic mass is 32.2. The maximum atomic E-state index is 12.4. The molecule has 0 aliphatic heterocycles. The van der Waals surface area contributed by atoms with Gasteiger partial charge in [0.25, 0.3) is 0 Å². The standard InChI is InChI=1S/C16H26N2OS/c1-13(20-14-8-4-2-5-9-14)15(19)18-16(12-17)10-6-3-7-11-16/h13-14H,2-11H2,1H3,(H,18,19). The Balaban J connectivity index is 1.84. The van der Waals surface area contributed by atoms with Crippen LogP contribution in [0.2, 0.25) is 0 Å². The Morgan fingerprint density at radius 1 is 1.20 bits per heavy atom. The average Bonchev–Trinajstić information content (AvgIpc) is 2.49. The molecule has 3 nitrogen and oxygen atoms in total. The number of nitrogens with one attached hydrogen (secondary N) is 1. The molecule has 2 rings (SSSR count). The molecule has 2 aliphatic rings. The highest BCUT2D eigenvalue weighted by Gasteiger charge is 2.35. The molecule has 0 aromatic heterocycles. The minimum atomic E-state index is -0.587. The molecular formula is C16H26N2OS. The summed E-state index contributed by atoms with van der Waals surface area (Å²) < 4.78 is 0. The average molecular weight is 294 g/mol. The van der Waals surface area contributed by atoms with Crippen LogP contribution in [0, 0.1) is 11.3 Å². The van der Waals surface area contributed by atoms with Gasteiger partial charge in [0.1, 0.15) is 5.54 Å². The van der Waals surface area contributed by atoms with Crippen LogP contribution in [0.3, 0.4) is 0 Å². The second-order valence-electron chi connectivity index (χ2n) is 6.28. The number of nitrogens with zero attached hydrogens (tertiary/aromatic N) is 1. The summed E-state index contributed by atoms with van der Waals surface area (Å²) in [4.78, 5) is 12.4. The monoisotopic (exact) mass is 294 g/mol. The van der Waals surface area contributed by atoms with E-state index in [0.717, 1.165) is 25.7 Å². The number of carbonyl (C=O) groups excluding carboxylic acids is 1. The molecule has 2 fully saturated rings. The lowest BCUT2D eigenvalue weighted by Crippen LogP contribution is -2.51. The molecule has 0 radical (unpaired) electrons. The zero-order valence-electron chi connectivity index (χ0n) is 12.5. The minimum Gasteiger partial charge on any atom is -0.337 e. The Bertz CT molecular complexity index is 365. The summed E-state index contributed by atoms with van der Waals surface area (Å²) >= 11 is 1.80. The zero-order chi connectivity index (χ0) is 14.4. The van der Waals surface area contributed by atoms with Gasteiger partial charge in [-0.1, -0.05) is 38.5 Å². The summed E-state index contributed by atoms with van der Waals surface area (Å²) in [6.07, 6.45) is 11.3. The van der Waals surface area contributed by atoms with Gasteiger partial charge >= 0.3 is 0 Å². The summed E-state index contributed by atoms with van der Waals surface area (Å²) in [6, 6.07) is 2.37. The van der Waals surface area contributed by atoms with Gasteiger partial charge in [-0.05, 0) is 32.6 Å². The predicted molar refractivity (Wildman–Crippen MR) is 83.5 cm³/mol. The summed E-state index contributed by atoms with van der Waals surface area (Å²) in [7, 11) is 0. The van der Waals surface area contributed by atoms with E-state index in [2.05, 4.69) is 11.4 Å². The first-order chi connectivity index (χ1) is 9.65. The predicted octanol–water partition coefficient (Wildman–Crippen LogP) is 3.78. The van der Waals surface area contributed by atoms with Gasteiger partial charge in [-0.15, -0.1) is 11.8 Å². The van der Waals surface area contributed by atoms with Crippen LogP contribution in [0.4, 0.5) is 0 Å². The summed E-state index contributed by atoms with van der Waals surface area (Å²) in [5.74, 6) is 0.0593. The van der Waals surface area contributed by atoms with Crippen molar-refractivity contribution in [3.05, 3.63) is 0 Å². The summed E-state index contributed by atoms with van der Waals surface area (Å²) in [5, 5.41) is 13.1. The van der Waals surface area contributed by atoms with Crippen molar-refractivity contribution in [3.63, 3.8) is 0 Å². The summed E-state index contributed by atoms with van der Waals surface area (Å²) in [5.41, 5.74) is -0.587. The van der Waals surface area contributed by atoms with Crippen molar-refractivity contribution in [1.29, 1.82) is 5.26 Å². The third kappa shape index (κ3) is 4.15. The fourth-order valence-corrected chi connectivity index (χ4v) is 4.67. The van der Waals surface area contributed by atoms with E-state index in [9.17, 15) is 10.1 Å². The number of amides is 1. The topological polar surface area (TPSA) is 52.9 Å². The Morgan fingerprint density at radius 3 is 2.40 bits per heavy atom. The van der Waals surface area contributed by atoms with E-state index in [1.807, 2.05) is 6.92 Å². The van der Waals surface area contributed by atoms with E-state index in [1.165, 1.54) is 38.5 Å². The normalized spacial score (nSPS) is 24.6. The molecule has 1 N–H and O–H groups in total. The maximum absolute atomic E-state index is 12.4. The van der Waals surface area contributed by atoms with E-state index in [1.54, 1.807) is 11.8 Å². The molecule has 2 saturated carbocycles. The number of hydrogen-bond donors (Lipinski definition) is 1. The Morgan fingerprint density at radius 2 is 1.80 bits per heavy atom. The summed E-state index contributed by atoms with van der Waals surface area (Å²) in [6.45, 7) is 1.99. The van der Waals surface area contributed by atoms with Gasteiger partial charge in [-0.2, -0.15) is 5.26 Å². The molecule has 112 valence electrons. The third-order valence-corrected chi connectivity index (χ3v) is 6.08. The lowest BCUT2D eigenvalue weighted by atomic mass is 9.83. The first kappa shape index (κ1) is 15.7. The number of nitriles is 1. The van der Waals surface area contributed by atoms with Crippen molar-refractivity contribution >= 4 is 17.7 Å². The number of hydrogen-bond acceptors (Lipinski definition) is 3. The van der Waals surface area contributed by atoms with Gasteiger partial charge in [0, 0.05) is 5.25 Å². The Hall–Kier alpha value is -0.690. The van der Waals surface area contributed by atoms with Crippen molar-refractivity contribution in [2.24, 2.45) is 0 Å². The highest BCUT2D eigenvalue weighted by Crippen LogP contribution is 2.32. The first-order valence-corrected chi connectivity index (χ1v) is 8.98. The van der Waals surface area contributed by atoms with Crippen molar-refractivity contribution in [2.45, 2.75) is 87.2 Å². The first-order valence-electron chi connectivity index (χ1n) is 8.04. The molecule has 20 heavy (non-hydrogen) atoms. The highest BCUT2D eigenvalue weighted by molar-refractivity contribution is 8.01. The van der Waals surface area contributed by atoms with Gasteiger partial charge < -0.3 is 5.32 Å². The largest absolute Gasteiger partial charge is 0.337 e. The van der Waals surface area contributed by atoms with Crippen LogP contribution < -0.4 is 5.32 Å². The van der Waals surface area contributed by atoms with Crippen LogP contribution >= 0.6 is 11.8 Å². The second-order valence-corrected chi connectivity index (χ2v) is 7.93. The van der Waals surface area contributed by atoms with Crippen LogP contribution in [-0.4, -0.2) is 21.9 Å². The van der Waals surface area contributed by atoms with Crippen LogP contribution in [-0.2, 0) is 4.79 Å². The molecule has 0 spiro atoms. The van der Waals surface area contributed by atoms with Gasteiger partial charge in [0.2, 0.25) is 5.91 Å². The Labute approximate surface area is 126 Å². The molecule has 0 aromatic rings. The van der Waals surface area contributed by atoms with E-state index >= 15 is 0 Å². The van der Waals surface area contributed by atoms with Gasteiger partial charge in [0.05, 0.1) is 11.3 Å². The maximum Gasteiger partial charge on any atom is 0.234 e. The quantitative estimate of drug-likeness (QED) is 0.858. The van der Waals surface area contributed by atoms with Gasteiger partial charge in [-0.25, -0.2) is 0 Å². The van der Waals surface area contributed by atoms with Crippen molar-refractivity contribution in [3.8, 4) is 6.07 Å². The van der Waals surface area contributed by atoms with Gasteiger partial charge in [0.15, 0.2) is 0 Å². The van der Waals surface area contributed by atoms with Crippen LogP contribution in [0.15, 0.2) is 0 Å². The molecule has 1 atom stereocenters. The molecule has 0 bridgehead atoms. The fraction of sp³-hybridized carbons (Fsp3) is 0.875. The lowest BCUT2D eigenvalue weighted by Gasteiger charge is -2.33. The number of thioether (sulfide) groups is 1. The van der Waals surface area contributed by atoms with E-state index in [4.69, 9.17) is 0 Å². The molecule has 0 heterocycles. The third-order valence-electron chi connectivity index (χ3n) is 4.60. The van der Waals surface area contributed by atoms with Crippen LogP contribution in [0.5, 0.6) is 0 Å². The van der Waals surface area contributed by atoms with E-state index < -0.39 is 5.54 Å². The molecule has 0 aromatic carbocycles.